The van der Waals surface area contributed by atoms with Crippen LogP contribution in [-0.4, -0.2) is 10.1 Å². The average molecular weight is 269 g/mol. The minimum atomic E-state index is -0.369. The van der Waals surface area contributed by atoms with Gasteiger partial charge in [0.05, 0.1) is 11.1 Å². The zero-order valence-corrected chi connectivity index (χ0v) is 10.8. The van der Waals surface area contributed by atoms with Crippen molar-refractivity contribution >= 4 is 5.82 Å². The molecule has 0 fully saturated rings. The van der Waals surface area contributed by atoms with E-state index in [1.165, 1.54) is 6.07 Å². The summed E-state index contributed by atoms with van der Waals surface area (Å²) in [5, 5.41) is 3.74. The van der Waals surface area contributed by atoms with Crippen LogP contribution in [0, 0.1) is 12.7 Å². The van der Waals surface area contributed by atoms with E-state index in [1.54, 1.807) is 24.5 Å². The molecule has 0 aliphatic carbocycles. The Morgan fingerprint density at radius 1 is 1.25 bits per heavy atom. The van der Waals surface area contributed by atoms with Crippen LogP contribution >= 0.6 is 0 Å². The number of rotatable bonds is 2. The topological polar surface area (TPSA) is 64.9 Å². The SMILES string of the molecule is Cc1ccc(-c2onc(N)c2-c2cccnc2)c(F)c1. The zero-order chi connectivity index (χ0) is 14.1. The smallest absolute Gasteiger partial charge is 0.179 e. The Morgan fingerprint density at radius 3 is 2.80 bits per heavy atom. The first-order valence-electron chi connectivity index (χ1n) is 6.09. The fourth-order valence-corrected chi connectivity index (χ4v) is 2.08. The number of hydrogen-bond acceptors (Lipinski definition) is 4. The predicted octanol–water partition coefficient (Wildman–Crippen LogP) is 3.43. The van der Waals surface area contributed by atoms with Crippen molar-refractivity contribution < 1.29 is 8.91 Å². The monoisotopic (exact) mass is 269 g/mol. The number of benzene rings is 1. The second-order valence-corrected chi connectivity index (χ2v) is 4.50. The second kappa shape index (κ2) is 4.77. The van der Waals surface area contributed by atoms with Gasteiger partial charge in [-0.05, 0) is 30.7 Å². The summed E-state index contributed by atoms with van der Waals surface area (Å²) in [6.07, 6.45) is 3.29. The molecular formula is C15H12FN3O. The molecule has 4 nitrogen and oxygen atoms in total. The number of aromatic nitrogens is 2. The molecule has 3 rings (SSSR count). The molecule has 0 aliphatic rings. The van der Waals surface area contributed by atoms with Crippen molar-refractivity contribution in [2.75, 3.05) is 5.73 Å². The molecule has 0 atom stereocenters. The fourth-order valence-electron chi connectivity index (χ4n) is 2.08. The maximum absolute atomic E-state index is 14.1. The summed E-state index contributed by atoms with van der Waals surface area (Å²) in [4.78, 5) is 4.03. The van der Waals surface area contributed by atoms with Gasteiger partial charge >= 0.3 is 0 Å². The normalized spacial score (nSPS) is 10.7. The largest absolute Gasteiger partial charge is 0.380 e. The molecule has 0 amide bonds. The van der Waals surface area contributed by atoms with E-state index in [-0.39, 0.29) is 11.6 Å². The molecule has 0 spiro atoms. The predicted molar refractivity (Wildman–Crippen MR) is 74.3 cm³/mol. The van der Waals surface area contributed by atoms with E-state index >= 15 is 0 Å². The van der Waals surface area contributed by atoms with Gasteiger partial charge in [0.15, 0.2) is 11.6 Å². The lowest BCUT2D eigenvalue weighted by atomic mass is 10.0. The number of hydrogen-bond donors (Lipinski definition) is 1. The summed E-state index contributed by atoms with van der Waals surface area (Å²) >= 11 is 0. The molecule has 2 N–H and O–H groups in total. The first kappa shape index (κ1) is 12.3. The van der Waals surface area contributed by atoms with Gasteiger partial charge in [-0.15, -0.1) is 0 Å². The van der Waals surface area contributed by atoms with Crippen LogP contribution in [-0.2, 0) is 0 Å². The highest BCUT2D eigenvalue weighted by molar-refractivity contribution is 5.86. The van der Waals surface area contributed by atoms with E-state index in [1.807, 2.05) is 19.1 Å². The number of aryl methyl sites for hydroxylation is 1. The molecular weight excluding hydrogens is 257 g/mol. The first-order chi connectivity index (χ1) is 9.66. The van der Waals surface area contributed by atoms with Gasteiger partial charge in [-0.2, -0.15) is 0 Å². The highest BCUT2D eigenvalue weighted by atomic mass is 19.1. The zero-order valence-electron chi connectivity index (χ0n) is 10.8. The van der Waals surface area contributed by atoms with Crippen LogP contribution in [0.3, 0.4) is 0 Å². The van der Waals surface area contributed by atoms with E-state index in [0.717, 1.165) is 11.1 Å². The molecule has 0 saturated carbocycles. The maximum atomic E-state index is 14.1. The quantitative estimate of drug-likeness (QED) is 0.774. The van der Waals surface area contributed by atoms with Gasteiger partial charge in [0.2, 0.25) is 0 Å². The Morgan fingerprint density at radius 2 is 2.10 bits per heavy atom. The summed E-state index contributed by atoms with van der Waals surface area (Å²) in [5.41, 5.74) is 8.30. The third-order valence-corrected chi connectivity index (χ3v) is 3.04. The van der Waals surface area contributed by atoms with Gasteiger partial charge in [0, 0.05) is 18.0 Å². The molecule has 20 heavy (non-hydrogen) atoms. The van der Waals surface area contributed by atoms with Crippen LogP contribution in [0.25, 0.3) is 22.5 Å². The van der Waals surface area contributed by atoms with E-state index in [4.69, 9.17) is 10.3 Å². The van der Waals surface area contributed by atoms with Crippen molar-refractivity contribution in [2.24, 2.45) is 0 Å². The summed E-state index contributed by atoms with van der Waals surface area (Å²) in [6, 6.07) is 8.51. The van der Waals surface area contributed by atoms with Gasteiger partial charge in [0.1, 0.15) is 5.82 Å². The molecule has 0 saturated heterocycles. The van der Waals surface area contributed by atoms with E-state index in [2.05, 4.69) is 10.1 Å². The van der Waals surface area contributed by atoms with Crippen molar-refractivity contribution in [1.29, 1.82) is 0 Å². The Kier molecular flexibility index (Phi) is 2.95. The van der Waals surface area contributed by atoms with Crippen molar-refractivity contribution in [2.45, 2.75) is 6.92 Å². The molecule has 0 bridgehead atoms. The van der Waals surface area contributed by atoms with Gasteiger partial charge < -0.3 is 10.3 Å². The second-order valence-electron chi connectivity index (χ2n) is 4.50. The Hall–Kier alpha value is -2.69. The highest BCUT2D eigenvalue weighted by Crippen LogP contribution is 2.37. The van der Waals surface area contributed by atoms with Crippen LogP contribution in [0.5, 0.6) is 0 Å². The van der Waals surface area contributed by atoms with Crippen LogP contribution in [0.1, 0.15) is 5.56 Å². The van der Waals surface area contributed by atoms with E-state index in [9.17, 15) is 4.39 Å². The molecule has 0 radical (unpaired) electrons. The molecule has 5 heteroatoms. The van der Waals surface area contributed by atoms with Crippen LogP contribution in [0.4, 0.5) is 10.2 Å². The summed E-state index contributed by atoms with van der Waals surface area (Å²) in [7, 11) is 0. The standard InChI is InChI=1S/C15H12FN3O/c1-9-4-5-11(12(16)7-9)14-13(15(17)19-20-14)10-3-2-6-18-8-10/h2-8H,1H3,(H2,17,19). The number of nitrogens with two attached hydrogens (primary N) is 1. The average Bonchev–Trinajstić information content (AvgIpc) is 2.81. The number of nitrogen functional groups attached to an aromatic ring is 1. The van der Waals surface area contributed by atoms with Crippen LogP contribution < -0.4 is 5.73 Å². The van der Waals surface area contributed by atoms with Gasteiger partial charge in [-0.25, -0.2) is 4.39 Å². The molecule has 0 aliphatic heterocycles. The third-order valence-electron chi connectivity index (χ3n) is 3.04. The number of halogens is 1. The molecule has 100 valence electrons. The van der Waals surface area contributed by atoms with E-state index in [0.29, 0.717) is 16.9 Å². The number of pyridine rings is 1. The lowest BCUT2D eigenvalue weighted by Crippen LogP contribution is -1.91. The molecule has 3 aromatic rings. The number of nitrogens with zero attached hydrogens (tertiary/aromatic N) is 2. The summed E-state index contributed by atoms with van der Waals surface area (Å²) in [6.45, 7) is 1.82. The molecule has 2 aromatic heterocycles. The molecule has 0 unspecified atom stereocenters. The van der Waals surface area contributed by atoms with Crippen molar-refractivity contribution in [3.8, 4) is 22.5 Å². The van der Waals surface area contributed by atoms with Crippen molar-refractivity contribution in [3.63, 3.8) is 0 Å². The van der Waals surface area contributed by atoms with Gasteiger partial charge in [-0.3, -0.25) is 4.98 Å². The Balaban J connectivity index is 2.21. The van der Waals surface area contributed by atoms with Crippen molar-refractivity contribution in [3.05, 3.63) is 54.1 Å². The van der Waals surface area contributed by atoms with Gasteiger partial charge in [-0.1, -0.05) is 17.3 Å². The molecule has 1 aromatic carbocycles. The highest BCUT2D eigenvalue weighted by Gasteiger charge is 2.20. The summed E-state index contributed by atoms with van der Waals surface area (Å²) < 4.78 is 19.3. The third kappa shape index (κ3) is 2.03. The minimum absolute atomic E-state index is 0.216. The maximum Gasteiger partial charge on any atom is 0.179 e. The van der Waals surface area contributed by atoms with E-state index < -0.39 is 0 Å². The first-order valence-corrected chi connectivity index (χ1v) is 6.09. The van der Waals surface area contributed by atoms with Gasteiger partial charge in [0.25, 0.3) is 0 Å². The molecule has 2 heterocycles. The van der Waals surface area contributed by atoms with Crippen molar-refractivity contribution in [1.82, 2.24) is 10.1 Å². The fraction of sp³-hybridized carbons (Fsp3) is 0.0667. The number of anilines is 1. The summed E-state index contributed by atoms with van der Waals surface area (Å²) in [5.74, 6) is 0.160. The Labute approximate surface area is 115 Å². The van der Waals surface area contributed by atoms with Crippen LogP contribution in [0.15, 0.2) is 47.2 Å². The minimum Gasteiger partial charge on any atom is -0.380 e. The lowest BCUT2D eigenvalue weighted by Gasteiger charge is -2.04. The Bertz CT molecular complexity index is 753. The van der Waals surface area contributed by atoms with Crippen LogP contribution in [0.2, 0.25) is 0 Å². The lowest BCUT2D eigenvalue weighted by molar-refractivity contribution is 0.433.